The molecule has 0 spiro atoms. The minimum Gasteiger partial charge on any atom is -0.464 e. The number of halogens is 2. The third-order valence-electron chi connectivity index (χ3n) is 5.57. The third-order valence-corrected chi connectivity index (χ3v) is 6.01. The first-order valence-electron chi connectivity index (χ1n) is 10.9. The molecule has 9 heteroatoms. The summed E-state index contributed by atoms with van der Waals surface area (Å²) in [6, 6.07) is 11.5. The molecule has 0 saturated carbocycles. The number of amides is 1. The maximum Gasteiger partial charge on any atom is 0.337 e. The van der Waals surface area contributed by atoms with Gasteiger partial charge in [0.1, 0.15) is 6.10 Å². The molecule has 1 aliphatic heterocycles. The fourth-order valence-electron chi connectivity index (χ4n) is 3.84. The average molecular weight is 495 g/mol. The lowest BCUT2D eigenvalue weighted by Crippen LogP contribution is -2.55. The molecule has 3 unspecified atom stereocenters. The molecular formula is C24H28Cl2N2O5. The predicted molar refractivity (Wildman–Crippen MR) is 127 cm³/mol. The number of aliphatic hydroxyl groups is 2. The fraction of sp³-hybridized carbons (Fsp3) is 0.417. The fourth-order valence-corrected chi connectivity index (χ4v) is 4.37. The van der Waals surface area contributed by atoms with Crippen molar-refractivity contribution in [3.63, 3.8) is 0 Å². The van der Waals surface area contributed by atoms with Gasteiger partial charge in [0.15, 0.2) is 6.10 Å². The Morgan fingerprint density at radius 3 is 2.36 bits per heavy atom. The van der Waals surface area contributed by atoms with Crippen LogP contribution in [0, 0.1) is 0 Å². The second-order valence-corrected chi connectivity index (χ2v) is 8.88. The highest BCUT2D eigenvalue weighted by Crippen LogP contribution is 2.27. The topological polar surface area (TPSA) is 108 Å². The van der Waals surface area contributed by atoms with Gasteiger partial charge in [0.25, 0.3) is 0 Å². The molecule has 1 amide bonds. The second-order valence-electron chi connectivity index (χ2n) is 8.01. The summed E-state index contributed by atoms with van der Waals surface area (Å²) >= 11 is 12.2. The van der Waals surface area contributed by atoms with Crippen molar-refractivity contribution in [2.75, 3.05) is 13.2 Å². The van der Waals surface area contributed by atoms with Crippen LogP contribution in [0.3, 0.4) is 0 Å². The van der Waals surface area contributed by atoms with Gasteiger partial charge in [-0.05, 0) is 67.6 Å². The van der Waals surface area contributed by atoms with E-state index in [0.717, 1.165) is 29.7 Å². The van der Waals surface area contributed by atoms with Crippen LogP contribution in [0.15, 0.2) is 42.5 Å². The van der Waals surface area contributed by atoms with E-state index < -0.39 is 24.2 Å². The first-order chi connectivity index (χ1) is 15.8. The lowest BCUT2D eigenvalue weighted by Gasteiger charge is -2.28. The smallest absolute Gasteiger partial charge is 0.337 e. The molecule has 1 saturated heterocycles. The van der Waals surface area contributed by atoms with Crippen LogP contribution in [0.4, 0.5) is 0 Å². The summed E-state index contributed by atoms with van der Waals surface area (Å²) in [5.74, 6) is -1.21. The van der Waals surface area contributed by atoms with Gasteiger partial charge in [-0.1, -0.05) is 47.5 Å². The lowest BCUT2D eigenvalue weighted by atomic mass is 9.95. The minimum absolute atomic E-state index is 0.0701. The first kappa shape index (κ1) is 25.5. The van der Waals surface area contributed by atoms with E-state index in [1.807, 2.05) is 24.3 Å². The molecule has 3 rings (SSSR count). The Morgan fingerprint density at radius 1 is 1.12 bits per heavy atom. The molecule has 0 radical (unpaired) electrons. The Morgan fingerprint density at radius 2 is 1.79 bits per heavy atom. The number of benzene rings is 2. The Balaban J connectivity index is 1.77. The number of hydrogen-bond acceptors (Lipinski definition) is 6. The zero-order chi connectivity index (χ0) is 24.0. The van der Waals surface area contributed by atoms with Crippen molar-refractivity contribution < 1.29 is 24.5 Å². The molecule has 0 aromatic heterocycles. The highest BCUT2D eigenvalue weighted by molar-refractivity contribution is 6.35. The summed E-state index contributed by atoms with van der Waals surface area (Å²) < 4.78 is 4.82. The maximum absolute atomic E-state index is 12.7. The quantitative estimate of drug-likeness (QED) is 0.399. The van der Waals surface area contributed by atoms with E-state index in [-0.39, 0.29) is 25.0 Å². The number of carbonyl (C=O) groups is 2. The van der Waals surface area contributed by atoms with E-state index in [1.54, 1.807) is 25.1 Å². The van der Waals surface area contributed by atoms with Crippen molar-refractivity contribution in [2.45, 2.75) is 50.5 Å². The molecular weight excluding hydrogens is 467 g/mol. The number of ether oxygens (including phenoxy) is 1. The average Bonchev–Trinajstić information content (AvgIpc) is 3.33. The van der Waals surface area contributed by atoms with Crippen molar-refractivity contribution in [1.29, 1.82) is 0 Å². The summed E-state index contributed by atoms with van der Waals surface area (Å²) in [6.45, 7) is 2.42. The van der Waals surface area contributed by atoms with Crippen molar-refractivity contribution in [3.8, 4) is 11.1 Å². The molecule has 7 nitrogen and oxygen atoms in total. The van der Waals surface area contributed by atoms with Crippen LogP contribution < -0.4 is 10.6 Å². The zero-order valence-corrected chi connectivity index (χ0v) is 19.8. The van der Waals surface area contributed by atoms with Crippen LogP contribution >= 0.6 is 23.2 Å². The predicted octanol–water partition coefficient (Wildman–Crippen LogP) is 2.72. The van der Waals surface area contributed by atoms with Gasteiger partial charge >= 0.3 is 5.97 Å². The largest absolute Gasteiger partial charge is 0.464 e. The van der Waals surface area contributed by atoms with Crippen molar-refractivity contribution in [2.24, 2.45) is 0 Å². The van der Waals surface area contributed by atoms with Crippen LogP contribution in [0.25, 0.3) is 11.1 Å². The third kappa shape index (κ3) is 6.91. The molecule has 33 heavy (non-hydrogen) atoms. The lowest BCUT2D eigenvalue weighted by molar-refractivity contribution is -0.160. The molecule has 178 valence electrons. The highest BCUT2D eigenvalue weighted by atomic mass is 35.5. The van der Waals surface area contributed by atoms with E-state index in [9.17, 15) is 19.8 Å². The summed E-state index contributed by atoms with van der Waals surface area (Å²) in [4.78, 5) is 24.6. The number of esters is 1. The number of nitrogens with one attached hydrogen (secondary N) is 2. The molecule has 0 aliphatic carbocycles. The van der Waals surface area contributed by atoms with Crippen LogP contribution in [0.5, 0.6) is 0 Å². The summed E-state index contributed by atoms with van der Waals surface area (Å²) in [6.07, 6.45) is -1.55. The van der Waals surface area contributed by atoms with E-state index in [2.05, 4.69) is 10.6 Å². The van der Waals surface area contributed by atoms with Gasteiger partial charge in [-0.25, -0.2) is 4.79 Å². The van der Waals surface area contributed by atoms with E-state index >= 15 is 0 Å². The van der Waals surface area contributed by atoms with Gasteiger partial charge in [0.2, 0.25) is 5.91 Å². The van der Waals surface area contributed by atoms with E-state index in [0.29, 0.717) is 16.5 Å². The Bertz CT molecular complexity index is 944. The molecule has 2 aromatic carbocycles. The van der Waals surface area contributed by atoms with Gasteiger partial charge < -0.3 is 25.6 Å². The van der Waals surface area contributed by atoms with Gasteiger partial charge in [-0.3, -0.25) is 4.79 Å². The van der Waals surface area contributed by atoms with Crippen molar-refractivity contribution >= 4 is 35.1 Å². The highest BCUT2D eigenvalue weighted by Gasteiger charge is 2.35. The zero-order valence-electron chi connectivity index (χ0n) is 18.3. The molecule has 4 N–H and O–H groups in total. The second kappa shape index (κ2) is 11.8. The van der Waals surface area contributed by atoms with Crippen LogP contribution in [-0.4, -0.2) is 59.5 Å². The number of aliphatic hydroxyl groups excluding tert-OH is 2. The minimum atomic E-state index is -1.78. The summed E-state index contributed by atoms with van der Waals surface area (Å²) in [5.41, 5.74) is 2.55. The summed E-state index contributed by atoms with van der Waals surface area (Å²) in [7, 11) is 0. The van der Waals surface area contributed by atoms with Gasteiger partial charge in [0.05, 0.1) is 18.7 Å². The summed E-state index contributed by atoms with van der Waals surface area (Å²) in [5, 5.41) is 27.9. The van der Waals surface area contributed by atoms with Crippen LogP contribution in [0.1, 0.15) is 25.3 Å². The number of hydrogen-bond donors (Lipinski definition) is 4. The van der Waals surface area contributed by atoms with Crippen molar-refractivity contribution in [1.82, 2.24) is 10.6 Å². The van der Waals surface area contributed by atoms with E-state index in [4.69, 9.17) is 27.9 Å². The monoisotopic (exact) mass is 494 g/mol. The Labute approximate surface area is 203 Å². The van der Waals surface area contributed by atoms with Crippen LogP contribution in [-0.2, 0) is 20.7 Å². The van der Waals surface area contributed by atoms with Gasteiger partial charge in [-0.2, -0.15) is 0 Å². The number of carbonyl (C=O) groups excluding carboxylic acids is 2. The molecule has 0 bridgehead atoms. The molecule has 1 heterocycles. The Hall–Kier alpha value is -2.16. The first-order valence-corrected chi connectivity index (χ1v) is 11.7. The molecule has 1 aliphatic rings. The standard InChI is InChI=1S/C24H28Cl2N2O5/c1-2-33-24(32)22(30)21(29)20(28-23(31)19-4-3-9-27-19)10-14-5-7-15(8-6-14)16-11-17(25)13-18(26)12-16/h5-8,11-13,19-22,27,29-30H,2-4,9-10H2,1H3,(H,28,31)/t19-,20?,21?,22?/m0/s1. The SMILES string of the molecule is CCOC(=O)C(O)C(O)C(Cc1ccc(-c2cc(Cl)cc(Cl)c2)cc1)NC(=O)[C@@H]1CCCN1. The van der Waals surface area contributed by atoms with Gasteiger partial charge in [-0.15, -0.1) is 0 Å². The van der Waals surface area contributed by atoms with Crippen molar-refractivity contribution in [3.05, 3.63) is 58.1 Å². The van der Waals surface area contributed by atoms with E-state index in [1.165, 1.54) is 0 Å². The maximum atomic E-state index is 12.7. The Kier molecular flexibility index (Phi) is 9.11. The molecule has 2 aromatic rings. The van der Waals surface area contributed by atoms with Gasteiger partial charge in [0, 0.05) is 10.0 Å². The normalized spacial score (nSPS) is 18.4. The molecule has 4 atom stereocenters. The van der Waals surface area contributed by atoms with Crippen LogP contribution in [0.2, 0.25) is 10.0 Å². The molecule has 1 fully saturated rings. The number of rotatable bonds is 9.